The highest BCUT2D eigenvalue weighted by molar-refractivity contribution is 4.56. The van der Waals surface area contributed by atoms with Crippen LogP contribution < -0.4 is 0 Å². The first kappa shape index (κ1) is 8.60. The van der Waals surface area contributed by atoms with Gasteiger partial charge in [0.1, 0.15) is 0 Å². The first-order chi connectivity index (χ1) is 3.85. The Labute approximate surface area is 56.8 Å². The molecule has 2 nitrogen and oxygen atoms in total. The second kappa shape index (κ2) is 2.46. The third-order valence-electron chi connectivity index (χ3n) is 1.13. The molecular formula is C7H16NO+. The Bertz CT molecular complexity index is 111. The molecule has 0 aromatic heterocycles. The molecule has 0 spiro atoms. The average molecular weight is 130 g/mol. The van der Waals surface area contributed by atoms with Gasteiger partial charge in [-0.05, 0) is 0 Å². The van der Waals surface area contributed by atoms with E-state index in [9.17, 15) is 4.91 Å². The molecule has 0 radical (unpaired) electrons. The minimum absolute atomic E-state index is 0.0880. The van der Waals surface area contributed by atoms with Gasteiger partial charge in [0.15, 0.2) is 6.04 Å². The van der Waals surface area contributed by atoms with Crippen molar-refractivity contribution in [2.45, 2.75) is 46.2 Å². The predicted molar refractivity (Wildman–Crippen MR) is 38.5 cm³/mol. The molecule has 2 heteroatoms. The summed E-state index contributed by atoms with van der Waals surface area (Å²) in [7, 11) is 0. The summed E-state index contributed by atoms with van der Waals surface area (Å²) in [6.07, 6.45) is 0. The van der Waals surface area contributed by atoms with E-state index in [1.54, 1.807) is 0 Å². The number of nitrogens with zero attached hydrogens (tertiary/aromatic N) is 1. The van der Waals surface area contributed by atoms with E-state index >= 15 is 0 Å². The Morgan fingerprint density at radius 3 is 1.56 bits per heavy atom. The number of rotatable bonds is 1. The summed E-state index contributed by atoms with van der Waals surface area (Å²) < 4.78 is 1.10. The molecule has 0 heterocycles. The van der Waals surface area contributed by atoms with Gasteiger partial charge < -0.3 is 0 Å². The van der Waals surface area contributed by atoms with Gasteiger partial charge in [-0.25, -0.2) is 0 Å². The summed E-state index contributed by atoms with van der Waals surface area (Å²) in [6.45, 7) is 9.55. The Hall–Kier alpha value is -0.400. The molecule has 0 unspecified atom stereocenters. The maximum Gasteiger partial charge on any atom is 0.202 e. The van der Waals surface area contributed by atoms with Crippen molar-refractivity contribution >= 4 is 0 Å². The van der Waals surface area contributed by atoms with Crippen molar-refractivity contribution in [2.75, 3.05) is 0 Å². The van der Waals surface area contributed by atoms with E-state index in [0.717, 1.165) is 4.76 Å². The fourth-order valence-corrected chi connectivity index (χ4v) is 0.775. The van der Waals surface area contributed by atoms with Crippen molar-refractivity contribution < 1.29 is 4.76 Å². The summed E-state index contributed by atoms with van der Waals surface area (Å²) in [6, 6.07) is 0.0880. The standard InChI is InChI=1S/C7H16NO/c1-6(2)8(9)7(3,4)5/h6H,1-5H3/q+1. The van der Waals surface area contributed by atoms with Gasteiger partial charge in [-0.3, -0.25) is 0 Å². The average Bonchev–Trinajstić information content (AvgIpc) is 1.62. The molecule has 0 saturated heterocycles. The van der Waals surface area contributed by atoms with Gasteiger partial charge in [0.2, 0.25) is 5.54 Å². The van der Waals surface area contributed by atoms with E-state index in [4.69, 9.17) is 0 Å². The molecule has 0 bridgehead atoms. The van der Waals surface area contributed by atoms with Crippen LogP contribution in [0.4, 0.5) is 0 Å². The van der Waals surface area contributed by atoms with E-state index < -0.39 is 0 Å². The molecular weight excluding hydrogens is 114 g/mol. The zero-order valence-corrected chi connectivity index (χ0v) is 6.93. The van der Waals surface area contributed by atoms with Crippen LogP contribution in [-0.2, 0) is 0 Å². The van der Waals surface area contributed by atoms with Crippen molar-refractivity contribution in [1.82, 2.24) is 0 Å². The molecule has 0 N–H and O–H groups in total. The molecule has 0 fully saturated rings. The molecule has 0 aromatic rings. The molecule has 0 aliphatic rings. The van der Waals surface area contributed by atoms with E-state index in [1.807, 2.05) is 34.6 Å². The second-order valence-corrected chi connectivity index (χ2v) is 3.59. The predicted octanol–water partition coefficient (Wildman–Crippen LogP) is 1.97. The van der Waals surface area contributed by atoms with Crippen LogP contribution in [0.5, 0.6) is 0 Å². The van der Waals surface area contributed by atoms with Crippen LogP contribution in [-0.4, -0.2) is 16.3 Å². The van der Waals surface area contributed by atoms with E-state index in [0.29, 0.717) is 0 Å². The van der Waals surface area contributed by atoms with E-state index in [-0.39, 0.29) is 11.6 Å². The van der Waals surface area contributed by atoms with Crippen LogP contribution in [0.3, 0.4) is 0 Å². The third-order valence-corrected chi connectivity index (χ3v) is 1.13. The SMILES string of the molecule is CC(C)[N+](=O)C(C)(C)C. The largest absolute Gasteiger partial charge is 0.202 e. The maximum atomic E-state index is 11.1. The van der Waals surface area contributed by atoms with Crippen molar-refractivity contribution in [1.29, 1.82) is 0 Å². The topological polar surface area (TPSA) is 20.1 Å². The van der Waals surface area contributed by atoms with Crippen molar-refractivity contribution in [2.24, 2.45) is 0 Å². The summed E-state index contributed by atoms with van der Waals surface area (Å²) >= 11 is 0. The van der Waals surface area contributed by atoms with Gasteiger partial charge in [-0.15, -0.1) is 0 Å². The van der Waals surface area contributed by atoms with Crippen molar-refractivity contribution in [3.63, 3.8) is 0 Å². The third kappa shape index (κ3) is 2.59. The normalized spacial score (nSPS) is 12.2. The van der Waals surface area contributed by atoms with Gasteiger partial charge in [-0.2, -0.15) is 0 Å². The summed E-state index contributed by atoms with van der Waals surface area (Å²) in [5.41, 5.74) is -0.242. The lowest BCUT2D eigenvalue weighted by Gasteiger charge is -2.10. The maximum absolute atomic E-state index is 11.1. The summed E-state index contributed by atoms with van der Waals surface area (Å²) in [5, 5.41) is 0. The minimum Gasteiger partial charge on any atom is 0.00140 e. The lowest BCUT2D eigenvalue weighted by molar-refractivity contribution is -0.642. The fraction of sp³-hybridized carbons (Fsp3) is 1.00. The van der Waals surface area contributed by atoms with Gasteiger partial charge in [0.05, 0.1) is 0 Å². The molecule has 0 saturated carbocycles. The Morgan fingerprint density at radius 2 is 1.56 bits per heavy atom. The quantitative estimate of drug-likeness (QED) is 0.497. The first-order valence-corrected chi connectivity index (χ1v) is 3.32. The van der Waals surface area contributed by atoms with Crippen LogP contribution in [0.2, 0.25) is 0 Å². The Kier molecular flexibility index (Phi) is 2.35. The lowest BCUT2D eigenvalue weighted by Crippen LogP contribution is -2.35. The number of hydrogen-bond donors (Lipinski definition) is 0. The van der Waals surface area contributed by atoms with Gasteiger partial charge >= 0.3 is 0 Å². The van der Waals surface area contributed by atoms with Crippen LogP contribution in [0, 0.1) is 4.91 Å². The monoisotopic (exact) mass is 130 g/mol. The van der Waals surface area contributed by atoms with Gasteiger partial charge in [0.25, 0.3) is 0 Å². The van der Waals surface area contributed by atoms with Crippen molar-refractivity contribution in [3.8, 4) is 0 Å². The molecule has 54 valence electrons. The van der Waals surface area contributed by atoms with Crippen molar-refractivity contribution in [3.05, 3.63) is 4.91 Å². The fourth-order valence-electron chi connectivity index (χ4n) is 0.775. The van der Waals surface area contributed by atoms with E-state index in [1.165, 1.54) is 0 Å². The van der Waals surface area contributed by atoms with Gasteiger partial charge in [0, 0.05) is 44.3 Å². The smallest absolute Gasteiger partial charge is 0.00140 e. The molecule has 0 aliphatic heterocycles. The van der Waals surface area contributed by atoms with Crippen LogP contribution in [0.25, 0.3) is 0 Å². The molecule has 0 amide bonds. The summed E-state index contributed by atoms with van der Waals surface area (Å²) in [4.78, 5) is 11.1. The zero-order chi connectivity index (χ0) is 7.65. The number of hydrogen-bond acceptors (Lipinski definition) is 1. The minimum atomic E-state index is -0.242. The first-order valence-electron chi connectivity index (χ1n) is 3.32. The highest BCUT2D eigenvalue weighted by Crippen LogP contribution is 2.08. The lowest BCUT2D eigenvalue weighted by atomic mass is 10.1. The van der Waals surface area contributed by atoms with Crippen LogP contribution >= 0.6 is 0 Å². The van der Waals surface area contributed by atoms with Crippen LogP contribution in [0.1, 0.15) is 34.6 Å². The molecule has 0 rings (SSSR count). The Morgan fingerprint density at radius 1 is 1.22 bits per heavy atom. The van der Waals surface area contributed by atoms with Crippen LogP contribution in [0.15, 0.2) is 0 Å². The van der Waals surface area contributed by atoms with Gasteiger partial charge in [-0.1, -0.05) is 0 Å². The molecule has 0 atom stereocenters. The second-order valence-electron chi connectivity index (χ2n) is 3.59. The highest BCUT2D eigenvalue weighted by atomic mass is 16.3. The number of nitroso groups, excluding NO2 is 1. The highest BCUT2D eigenvalue weighted by Gasteiger charge is 2.30. The zero-order valence-electron chi connectivity index (χ0n) is 6.93. The Balaban J connectivity index is 4.06. The molecule has 9 heavy (non-hydrogen) atoms. The molecule has 0 aliphatic carbocycles. The van der Waals surface area contributed by atoms with E-state index in [2.05, 4.69) is 0 Å². The summed E-state index contributed by atoms with van der Waals surface area (Å²) in [5.74, 6) is 0. The molecule has 0 aromatic carbocycles.